The predicted molar refractivity (Wildman–Crippen MR) is 74.2 cm³/mol. The lowest BCUT2D eigenvalue weighted by Gasteiger charge is -2.06. The van der Waals surface area contributed by atoms with Gasteiger partial charge in [0.1, 0.15) is 0 Å². The van der Waals surface area contributed by atoms with Crippen molar-refractivity contribution in [2.75, 3.05) is 0 Å². The number of aliphatic carboxylic acids is 1. The van der Waals surface area contributed by atoms with E-state index in [2.05, 4.69) is 15.3 Å². The monoisotopic (exact) mass is 289 g/mol. The van der Waals surface area contributed by atoms with Crippen LogP contribution in [-0.2, 0) is 11.3 Å². The Balaban J connectivity index is 2.11. The molecule has 0 spiro atoms. The summed E-state index contributed by atoms with van der Waals surface area (Å²) in [5.41, 5.74) is 3.29. The largest absolute Gasteiger partial charge is 0.478 e. The first-order chi connectivity index (χ1) is 9.66. The Morgan fingerprint density at radius 2 is 2.30 bits per heavy atom. The van der Waals surface area contributed by atoms with Gasteiger partial charge in [-0.1, -0.05) is 0 Å². The molecular weight excluding hydrogens is 278 g/mol. The Hall–Kier alpha value is -2.54. The van der Waals surface area contributed by atoms with E-state index >= 15 is 0 Å². The molecule has 7 heteroatoms. The summed E-state index contributed by atoms with van der Waals surface area (Å²) in [5.74, 6) is -1.38. The molecular formula is C13H11N3O3S. The maximum atomic E-state index is 12.1. The van der Waals surface area contributed by atoms with Gasteiger partial charge in [-0.3, -0.25) is 9.78 Å². The summed E-state index contributed by atoms with van der Waals surface area (Å²) in [6.07, 6.45) is 5.23. The number of thiazole rings is 1. The van der Waals surface area contributed by atoms with E-state index in [1.54, 1.807) is 5.51 Å². The van der Waals surface area contributed by atoms with Crippen molar-refractivity contribution in [3.05, 3.63) is 52.2 Å². The van der Waals surface area contributed by atoms with E-state index in [1.165, 1.54) is 35.9 Å². The van der Waals surface area contributed by atoms with E-state index in [9.17, 15) is 9.59 Å². The van der Waals surface area contributed by atoms with Crippen molar-refractivity contribution in [1.29, 1.82) is 0 Å². The second-order valence-electron chi connectivity index (χ2n) is 3.80. The number of nitrogens with zero attached hydrogens (tertiary/aromatic N) is 2. The molecule has 0 radical (unpaired) electrons. The zero-order valence-corrected chi connectivity index (χ0v) is 11.1. The van der Waals surface area contributed by atoms with Crippen LogP contribution in [0.2, 0.25) is 0 Å². The first-order valence-electron chi connectivity index (χ1n) is 5.67. The molecule has 0 aliphatic rings. The fraction of sp³-hybridized carbons (Fsp3) is 0.0769. The molecule has 0 atom stereocenters. The van der Waals surface area contributed by atoms with Gasteiger partial charge in [-0.15, -0.1) is 11.3 Å². The average Bonchev–Trinajstić information content (AvgIpc) is 2.96. The van der Waals surface area contributed by atoms with Crippen LogP contribution in [-0.4, -0.2) is 27.0 Å². The van der Waals surface area contributed by atoms with Crippen molar-refractivity contribution in [1.82, 2.24) is 15.3 Å². The number of rotatable bonds is 5. The van der Waals surface area contributed by atoms with Crippen LogP contribution in [0.15, 0.2) is 35.4 Å². The summed E-state index contributed by atoms with van der Waals surface area (Å²) in [5, 5.41) is 13.2. The molecule has 0 unspecified atom stereocenters. The van der Waals surface area contributed by atoms with E-state index in [0.29, 0.717) is 17.7 Å². The van der Waals surface area contributed by atoms with E-state index in [1.807, 2.05) is 5.38 Å². The third-order valence-electron chi connectivity index (χ3n) is 2.42. The van der Waals surface area contributed by atoms with E-state index in [-0.39, 0.29) is 5.91 Å². The second-order valence-corrected chi connectivity index (χ2v) is 4.52. The first-order valence-corrected chi connectivity index (χ1v) is 6.61. The van der Waals surface area contributed by atoms with Crippen LogP contribution in [0.4, 0.5) is 0 Å². The summed E-state index contributed by atoms with van der Waals surface area (Å²) in [4.78, 5) is 30.5. The Labute approximate surface area is 118 Å². The van der Waals surface area contributed by atoms with Gasteiger partial charge >= 0.3 is 5.97 Å². The van der Waals surface area contributed by atoms with Gasteiger partial charge in [0.05, 0.1) is 17.7 Å². The van der Waals surface area contributed by atoms with Gasteiger partial charge in [-0.25, -0.2) is 9.78 Å². The Morgan fingerprint density at radius 1 is 1.45 bits per heavy atom. The number of hydrogen-bond acceptors (Lipinski definition) is 5. The van der Waals surface area contributed by atoms with Crippen molar-refractivity contribution >= 4 is 29.3 Å². The van der Waals surface area contributed by atoms with Gasteiger partial charge in [0.25, 0.3) is 5.91 Å². The molecule has 20 heavy (non-hydrogen) atoms. The minimum absolute atomic E-state index is 0.301. The van der Waals surface area contributed by atoms with Crippen LogP contribution in [0.5, 0.6) is 0 Å². The van der Waals surface area contributed by atoms with Crippen LogP contribution in [0.25, 0.3) is 6.08 Å². The number of amides is 1. The summed E-state index contributed by atoms with van der Waals surface area (Å²) in [7, 11) is 0. The van der Waals surface area contributed by atoms with Crippen LogP contribution in [0, 0.1) is 0 Å². The Morgan fingerprint density at radius 3 is 3.00 bits per heavy atom. The highest BCUT2D eigenvalue weighted by Gasteiger charge is 2.10. The molecule has 0 saturated carbocycles. The molecule has 0 saturated heterocycles. The van der Waals surface area contributed by atoms with Crippen LogP contribution in [0.3, 0.4) is 0 Å². The number of hydrogen-bond donors (Lipinski definition) is 2. The standard InChI is InChI=1S/C13H11N3O3S/c17-12(18)2-1-9-5-14-4-3-11(9)13(19)15-6-10-7-20-8-16-10/h1-5,7-8H,6H2,(H,15,19)(H,17,18). The lowest BCUT2D eigenvalue weighted by Crippen LogP contribution is -2.23. The number of carboxylic acids is 1. The highest BCUT2D eigenvalue weighted by atomic mass is 32.1. The number of carboxylic acid groups (broad SMARTS) is 1. The minimum Gasteiger partial charge on any atom is -0.478 e. The molecule has 0 aliphatic heterocycles. The molecule has 102 valence electrons. The number of nitrogens with one attached hydrogen (secondary N) is 1. The van der Waals surface area contributed by atoms with Gasteiger partial charge in [0.15, 0.2) is 0 Å². The predicted octanol–water partition coefficient (Wildman–Crippen LogP) is 1.57. The lowest BCUT2D eigenvalue weighted by atomic mass is 10.1. The molecule has 0 aromatic carbocycles. The summed E-state index contributed by atoms with van der Waals surface area (Å²) in [6, 6.07) is 1.54. The molecule has 6 nitrogen and oxygen atoms in total. The fourth-order valence-corrected chi connectivity index (χ4v) is 2.06. The SMILES string of the molecule is O=C(O)C=Cc1cnccc1C(=O)NCc1cscn1. The third-order valence-corrected chi connectivity index (χ3v) is 3.05. The van der Waals surface area contributed by atoms with Crippen molar-refractivity contribution in [2.45, 2.75) is 6.54 Å². The van der Waals surface area contributed by atoms with E-state index < -0.39 is 5.97 Å². The zero-order valence-electron chi connectivity index (χ0n) is 10.3. The molecule has 2 aromatic heterocycles. The molecule has 0 bridgehead atoms. The molecule has 2 rings (SSSR count). The average molecular weight is 289 g/mol. The molecule has 0 fully saturated rings. The number of carbonyl (C=O) groups is 2. The summed E-state index contributed by atoms with van der Waals surface area (Å²) >= 11 is 1.45. The van der Waals surface area contributed by atoms with E-state index in [0.717, 1.165) is 11.8 Å². The van der Waals surface area contributed by atoms with Crippen molar-refractivity contribution in [3.63, 3.8) is 0 Å². The highest BCUT2D eigenvalue weighted by Crippen LogP contribution is 2.09. The van der Waals surface area contributed by atoms with Gasteiger partial charge in [0.2, 0.25) is 0 Å². The topological polar surface area (TPSA) is 92.2 Å². The second kappa shape index (κ2) is 6.58. The number of aromatic nitrogens is 2. The fourth-order valence-electron chi connectivity index (χ4n) is 1.50. The normalized spacial score (nSPS) is 10.6. The van der Waals surface area contributed by atoms with Crippen molar-refractivity contribution in [2.24, 2.45) is 0 Å². The quantitative estimate of drug-likeness (QED) is 0.815. The molecule has 2 heterocycles. The molecule has 2 aromatic rings. The molecule has 2 N–H and O–H groups in total. The molecule has 0 aliphatic carbocycles. The zero-order chi connectivity index (χ0) is 14.4. The van der Waals surface area contributed by atoms with Gasteiger partial charge in [0, 0.05) is 35.0 Å². The maximum Gasteiger partial charge on any atom is 0.328 e. The van der Waals surface area contributed by atoms with Gasteiger partial charge in [-0.2, -0.15) is 0 Å². The lowest BCUT2D eigenvalue weighted by molar-refractivity contribution is -0.131. The van der Waals surface area contributed by atoms with Crippen LogP contribution in [0.1, 0.15) is 21.6 Å². The Kier molecular flexibility index (Phi) is 4.56. The first kappa shape index (κ1) is 13.9. The van der Waals surface area contributed by atoms with Crippen molar-refractivity contribution < 1.29 is 14.7 Å². The number of carbonyl (C=O) groups excluding carboxylic acids is 1. The maximum absolute atomic E-state index is 12.1. The Bertz CT molecular complexity index is 638. The van der Waals surface area contributed by atoms with Gasteiger partial charge < -0.3 is 10.4 Å². The highest BCUT2D eigenvalue weighted by molar-refractivity contribution is 7.07. The van der Waals surface area contributed by atoms with Crippen molar-refractivity contribution in [3.8, 4) is 0 Å². The van der Waals surface area contributed by atoms with Crippen LogP contribution < -0.4 is 5.32 Å². The smallest absolute Gasteiger partial charge is 0.328 e. The summed E-state index contributed by atoms with van der Waals surface area (Å²) < 4.78 is 0. The summed E-state index contributed by atoms with van der Waals surface area (Å²) in [6.45, 7) is 0.326. The van der Waals surface area contributed by atoms with Gasteiger partial charge in [-0.05, 0) is 12.1 Å². The third kappa shape index (κ3) is 3.72. The number of pyridine rings is 1. The van der Waals surface area contributed by atoms with E-state index in [4.69, 9.17) is 5.11 Å². The van der Waals surface area contributed by atoms with Crippen LogP contribution >= 0.6 is 11.3 Å². The minimum atomic E-state index is -1.08. The molecule has 1 amide bonds.